The number of benzene rings is 1. The van der Waals surface area contributed by atoms with Crippen molar-refractivity contribution in [2.24, 2.45) is 0 Å². The molecule has 29 heavy (non-hydrogen) atoms. The van der Waals surface area contributed by atoms with Gasteiger partial charge in [0.05, 0.1) is 28.7 Å². The van der Waals surface area contributed by atoms with E-state index in [0.29, 0.717) is 18.0 Å². The first-order valence-electron chi connectivity index (χ1n) is 7.93. The van der Waals surface area contributed by atoms with Gasteiger partial charge in [-0.05, 0) is 37.3 Å². The molecule has 2 N–H and O–H groups in total. The van der Waals surface area contributed by atoms with Crippen molar-refractivity contribution in [2.75, 3.05) is 4.72 Å². The average molecular weight is 426 g/mol. The fourth-order valence-corrected chi connectivity index (χ4v) is 3.75. The Labute approximate surface area is 162 Å². The number of carboxylic acid groups (broad SMARTS) is 1. The first-order valence-corrected chi connectivity index (χ1v) is 9.42. The quantitative estimate of drug-likeness (QED) is 0.648. The summed E-state index contributed by atoms with van der Waals surface area (Å²) in [5, 5.41) is 13.0. The lowest BCUT2D eigenvalue weighted by Crippen LogP contribution is -2.16. The number of carbonyl (C=O) groups is 1. The maximum Gasteiger partial charge on any atom is 0.416 e. The van der Waals surface area contributed by atoms with Crippen LogP contribution in [-0.4, -0.2) is 34.3 Å². The van der Waals surface area contributed by atoms with Crippen LogP contribution in [0.3, 0.4) is 0 Å². The summed E-state index contributed by atoms with van der Waals surface area (Å²) in [7, 11) is -4.36. The van der Waals surface area contributed by atoms with E-state index < -0.39 is 39.0 Å². The summed E-state index contributed by atoms with van der Waals surface area (Å²) >= 11 is 0. The number of aromatic carboxylic acids is 1. The van der Waals surface area contributed by atoms with E-state index in [9.17, 15) is 26.4 Å². The number of anilines is 1. The van der Waals surface area contributed by atoms with Gasteiger partial charge in [-0.1, -0.05) is 6.07 Å². The van der Waals surface area contributed by atoms with Gasteiger partial charge in [-0.15, -0.1) is 0 Å². The first-order chi connectivity index (χ1) is 13.5. The van der Waals surface area contributed by atoms with Crippen LogP contribution in [0.1, 0.15) is 21.6 Å². The summed E-state index contributed by atoms with van der Waals surface area (Å²) in [6.07, 6.45) is -2.34. The molecule has 0 amide bonds. The van der Waals surface area contributed by atoms with Gasteiger partial charge in [0.15, 0.2) is 5.82 Å². The Morgan fingerprint density at radius 1 is 1.21 bits per heavy atom. The SMILES string of the molecule is Cc1c(S(=O)(=O)Nc2cc(C(=O)O)cc(C(F)(F)F)c2)cnn1-c1ccccn1. The van der Waals surface area contributed by atoms with Crippen LogP contribution in [-0.2, 0) is 16.2 Å². The monoisotopic (exact) mass is 426 g/mol. The number of hydrogen-bond acceptors (Lipinski definition) is 5. The smallest absolute Gasteiger partial charge is 0.416 e. The number of hydrogen-bond donors (Lipinski definition) is 2. The number of nitrogens with one attached hydrogen (secondary N) is 1. The maximum atomic E-state index is 13.0. The topological polar surface area (TPSA) is 114 Å². The molecule has 0 radical (unpaired) electrons. The molecule has 0 saturated carbocycles. The van der Waals surface area contributed by atoms with Crippen LogP contribution >= 0.6 is 0 Å². The zero-order chi connectivity index (χ0) is 21.4. The predicted molar refractivity (Wildman–Crippen MR) is 95.3 cm³/mol. The van der Waals surface area contributed by atoms with Gasteiger partial charge in [-0.3, -0.25) is 4.72 Å². The molecule has 8 nitrogen and oxygen atoms in total. The van der Waals surface area contributed by atoms with E-state index in [4.69, 9.17) is 5.11 Å². The number of rotatable bonds is 5. The molecule has 152 valence electrons. The molecular weight excluding hydrogens is 413 g/mol. The third-order valence-electron chi connectivity index (χ3n) is 3.88. The van der Waals surface area contributed by atoms with E-state index in [0.717, 1.165) is 12.3 Å². The van der Waals surface area contributed by atoms with Crippen LogP contribution in [0.4, 0.5) is 18.9 Å². The Kier molecular flexibility index (Phi) is 5.05. The highest BCUT2D eigenvalue weighted by atomic mass is 32.2. The second kappa shape index (κ2) is 7.20. The third-order valence-corrected chi connectivity index (χ3v) is 5.36. The van der Waals surface area contributed by atoms with Crippen molar-refractivity contribution in [1.29, 1.82) is 0 Å². The van der Waals surface area contributed by atoms with E-state index in [1.807, 2.05) is 4.72 Å². The first kappa shape index (κ1) is 20.3. The molecule has 2 aromatic heterocycles. The summed E-state index contributed by atoms with van der Waals surface area (Å²) < 4.78 is 67.7. The summed E-state index contributed by atoms with van der Waals surface area (Å²) in [5.74, 6) is -1.28. The van der Waals surface area contributed by atoms with E-state index in [2.05, 4.69) is 10.1 Å². The predicted octanol–water partition coefficient (Wildman–Crippen LogP) is 3.09. The largest absolute Gasteiger partial charge is 0.478 e. The van der Waals surface area contributed by atoms with E-state index in [1.54, 1.807) is 18.2 Å². The van der Waals surface area contributed by atoms with Crippen molar-refractivity contribution in [3.63, 3.8) is 0 Å². The third kappa shape index (κ3) is 4.21. The zero-order valence-electron chi connectivity index (χ0n) is 14.7. The van der Waals surface area contributed by atoms with Crippen molar-refractivity contribution < 1.29 is 31.5 Å². The zero-order valence-corrected chi connectivity index (χ0v) is 15.5. The van der Waals surface area contributed by atoms with Crippen molar-refractivity contribution in [3.05, 3.63) is 65.6 Å². The molecule has 12 heteroatoms. The second-order valence-corrected chi connectivity index (χ2v) is 7.55. The molecular formula is C17H13F3N4O4S. The molecule has 3 aromatic rings. The Morgan fingerprint density at radius 3 is 2.52 bits per heavy atom. The molecule has 0 spiro atoms. The number of aromatic nitrogens is 3. The van der Waals surface area contributed by atoms with Crippen LogP contribution in [0.15, 0.2) is 53.7 Å². The van der Waals surface area contributed by atoms with Gasteiger partial charge >= 0.3 is 12.1 Å². The lowest BCUT2D eigenvalue weighted by Gasteiger charge is -2.13. The Hall–Kier alpha value is -3.41. The molecule has 0 unspecified atom stereocenters. The Morgan fingerprint density at radius 2 is 1.93 bits per heavy atom. The highest BCUT2D eigenvalue weighted by Crippen LogP contribution is 2.33. The van der Waals surface area contributed by atoms with E-state index >= 15 is 0 Å². The number of pyridine rings is 1. The fraction of sp³-hybridized carbons (Fsp3) is 0.118. The molecule has 0 fully saturated rings. The number of nitrogens with zero attached hydrogens (tertiary/aromatic N) is 3. The Balaban J connectivity index is 2.02. The minimum absolute atomic E-state index is 0.168. The summed E-state index contributed by atoms with van der Waals surface area (Å²) in [6, 6.07) is 6.66. The number of halogens is 3. The Bertz CT molecular complexity index is 1180. The highest BCUT2D eigenvalue weighted by molar-refractivity contribution is 7.92. The lowest BCUT2D eigenvalue weighted by atomic mass is 10.1. The number of alkyl halides is 3. The van der Waals surface area contributed by atoms with Gasteiger partial charge in [-0.2, -0.15) is 18.3 Å². The summed E-state index contributed by atoms with van der Waals surface area (Å²) in [6.45, 7) is 1.45. The molecule has 2 heterocycles. The van der Waals surface area contributed by atoms with Crippen LogP contribution in [0.25, 0.3) is 5.82 Å². The standard InChI is InChI=1S/C17H13F3N4O4S/c1-10-14(9-22-24(10)15-4-2-3-5-21-15)29(27,28)23-13-7-11(16(25)26)6-12(8-13)17(18,19)20/h2-9,23H,1H3,(H,25,26). The molecule has 0 saturated heterocycles. The minimum atomic E-state index is -4.86. The maximum absolute atomic E-state index is 13.0. The number of sulfonamides is 1. The molecule has 0 aliphatic carbocycles. The minimum Gasteiger partial charge on any atom is -0.478 e. The molecule has 3 rings (SSSR count). The van der Waals surface area contributed by atoms with Crippen LogP contribution in [0, 0.1) is 6.92 Å². The van der Waals surface area contributed by atoms with Crippen LogP contribution in [0.5, 0.6) is 0 Å². The van der Waals surface area contributed by atoms with Crippen molar-refractivity contribution >= 4 is 21.7 Å². The molecule has 1 aromatic carbocycles. The van der Waals surface area contributed by atoms with Crippen molar-refractivity contribution in [2.45, 2.75) is 18.0 Å². The summed E-state index contributed by atoms with van der Waals surface area (Å²) in [4.78, 5) is 14.9. The highest BCUT2D eigenvalue weighted by Gasteiger charge is 2.32. The van der Waals surface area contributed by atoms with E-state index in [-0.39, 0.29) is 10.6 Å². The van der Waals surface area contributed by atoms with Gasteiger partial charge < -0.3 is 5.11 Å². The second-order valence-electron chi connectivity index (χ2n) is 5.90. The average Bonchev–Trinajstić information content (AvgIpc) is 3.03. The van der Waals surface area contributed by atoms with Gasteiger partial charge in [0.2, 0.25) is 0 Å². The van der Waals surface area contributed by atoms with Crippen molar-refractivity contribution in [1.82, 2.24) is 14.8 Å². The van der Waals surface area contributed by atoms with Gasteiger partial charge in [0, 0.05) is 6.20 Å². The fourth-order valence-electron chi connectivity index (χ4n) is 2.55. The molecule has 0 aliphatic heterocycles. The van der Waals surface area contributed by atoms with Gasteiger partial charge in [-0.25, -0.2) is 22.9 Å². The van der Waals surface area contributed by atoms with E-state index in [1.165, 1.54) is 17.8 Å². The molecule has 0 bridgehead atoms. The molecule has 0 atom stereocenters. The van der Waals surface area contributed by atoms with Gasteiger partial charge in [0.1, 0.15) is 4.90 Å². The van der Waals surface area contributed by atoms with Crippen molar-refractivity contribution in [3.8, 4) is 5.82 Å². The summed E-state index contributed by atoms with van der Waals surface area (Å²) in [5.41, 5.74) is -2.38. The lowest BCUT2D eigenvalue weighted by molar-refractivity contribution is -0.137. The van der Waals surface area contributed by atoms with Crippen LogP contribution in [0.2, 0.25) is 0 Å². The van der Waals surface area contributed by atoms with Crippen LogP contribution < -0.4 is 4.72 Å². The number of carboxylic acids is 1. The van der Waals surface area contributed by atoms with Gasteiger partial charge in [0.25, 0.3) is 10.0 Å². The molecule has 0 aliphatic rings. The normalized spacial score (nSPS) is 12.0.